The second-order valence-corrected chi connectivity index (χ2v) is 21.6. The van der Waals surface area contributed by atoms with Gasteiger partial charge in [0, 0.05) is 19.3 Å². The van der Waals surface area contributed by atoms with Crippen LogP contribution in [0.4, 0.5) is 0 Å². The van der Waals surface area contributed by atoms with E-state index >= 15 is 0 Å². The third kappa shape index (κ3) is 49.1. The van der Waals surface area contributed by atoms with Crippen LogP contribution in [0.15, 0.2) is 0 Å². The molecule has 66 heavy (non-hydrogen) atoms. The van der Waals surface area contributed by atoms with Crippen molar-refractivity contribution in [3.05, 3.63) is 0 Å². The van der Waals surface area contributed by atoms with Crippen LogP contribution in [-0.2, 0) is 28.6 Å². The third-order valence-corrected chi connectivity index (χ3v) is 13.4. The van der Waals surface area contributed by atoms with Crippen molar-refractivity contribution < 1.29 is 45.5 Å². The Morgan fingerprint density at radius 2 is 0.470 bits per heavy atom. The second-order valence-electron chi connectivity index (χ2n) is 21.6. The minimum atomic E-state index is -0.819. The van der Waals surface area contributed by atoms with E-state index in [0.717, 1.165) is 57.8 Å². The van der Waals surface area contributed by atoms with Gasteiger partial charge < -0.3 is 31.1 Å². The molecule has 394 valence electrons. The van der Waals surface area contributed by atoms with Crippen molar-refractivity contribution in [3.8, 4) is 0 Å². The number of hydrogen-bond acceptors (Lipinski definition) is 6. The molecule has 0 N–H and O–H groups in total. The summed E-state index contributed by atoms with van der Waals surface area (Å²) in [5.41, 5.74) is -0.819. The number of esters is 3. The number of rotatable bonds is 52. The SMILES string of the molecule is CCCCCCCCCCCCCCCCCC(=O)OCC(COC(=O)CCCCCCCCCCCCCCC)(COC(=O)CCCCCCCCCCCCCCC)C[N+](C)(C)C.[Cl-]. The van der Waals surface area contributed by atoms with Crippen LogP contribution < -0.4 is 12.4 Å². The van der Waals surface area contributed by atoms with E-state index in [0.29, 0.717) is 30.3 Å². The molecule has 0 amide bonds. The first-order valence-corrected chi connectivity index (χ1v) is 28.8. The summed E-state index contributed by atoms with van der Waals surface area (Å²) in [7, 11) is 6.24. The van der Waals surface area contributed by atoms with Gasteiger partial charge >= 0.3 is 17.9 Å². The van der Waals surface area contributed by atoms with E-state index in [9.17, 15) is 14.4 Å². The predicted molar refractivity (Wildman–Crippen MR) is 278 cm³/mol. The quantitative estimate of drug-likeness (QED) is 0.0262. The van der Waals surface area contributed by atoms with Gasteiger partial charge in [-0.2, -0.15) is 0 Å². The Balaban J connectivity index is 0. The maximum Gasteiger partial charge on any atom is 0.305 e. The molecule has 0 aromatic rings. The molecule has 0 fully saturated rings. The highest BCUT2D eigenvalue weighted by molar-refractivity contribution is 5.70. The molecule has 0 atom stereocenters. The zero-order valence-electron chi connectivity index (χ0n) is 45.2. The van der Waals surface area contributed by atoms with E-state index in [1.54, 1.807) is 0 Å². The van der Waals surface area contributed by atoms with Gasteiger partial charge in [0.2, 0.25) is 0 Å². The lowest BCUT2D eigenvalue weighted by molar-refractivity contribution is -0.877. The third-order valence-electron chi connectivity index (χ3n) is 13.4. The largest absolute Gasteiger partial charge is 1.00 e. The van der Waals surface area contributed by atoms with Crippen LogP contribution in [0.3, 0.4) is 0 Å². The highest BCUT2D eigenvalue weighted by Gasteiger charge is 2.41. The molecular weight excluding hydrogens is 842 g/mol. The van der Waals surface area contributed by atoms with Crippen molar-refractivity contribution in [1.82, 2.24) is 0 Å². The number of ether oxygens (including phenoxy) is 3. The summed E-state index contributed by atoms with van der Waals surface area (Å²) in [6, 6.07) is 0. The Kier molecular flexibility index (Phi) is 50.6. The van der Waals surface area contributed by atoms with Gasteiger partial charge in [-0.1, -0.05) is 265 Å². The molecule has 0 saturated heterocycles. The molecule has 7 nitrogen and oxygen atoms in total. The van der Waals surface area contributed by atoms with Gasteiger partial charge in [-0.25, -0.2) is 0 Å². The maximum atomic E-state index is 13.1. The van der Waals surface area contributed by atoms with Crippen molar-refractivity contribution in [3.63, 3.8) is 0 Å². The lowest BCUT2D eigenvalue weighted by atomic mass is 9.89. The summed E-state index contributed by atoms with van der Waals surface area (Å²) in [6.07, 6.45) is 53.1. The molecule has 0 aliphatic heterocycles. The zero-order chi connectivity index (χ0) is 47.8. The molecule has 0 radical (unpaired) electrons. The van der Waals surface area contributed by atoms with Crippen LogP contribution in [0.1, 0.15) is 303 Å². The average Bonchev–Trinajstić information content (AvgIpc) is 3.28. The Hall–Kier alpha value is -1.34. The highest BCUT2D eigenvalue weighted by Crippen LogP contribution is 2.25. The van der Waals surface area contributed by atoms with Crippen molar-refractivity contribution in [2.45, 2.75) is 303 Å². The van der Waals surface area contributed by atoms with Crippen LogP contribution >= 0.6 is 0 Å². The Bertz CT molecular complexity index is 1000. The fraction of sp³-hybridized carbons (Fsp3) is 0.948. The van der Waals surface area contributed by atoms with E-state index in [1.165, 1.54) is 205 Å². The Labute approximate surface area is 417 Å². The maximum absolute atomic E-state index is 13.1. The molecule has 0 bridgehead atoms. The molecule has 8 heteroatoms. The lowest BCUT2D eigenvalue weighted by Crippen LogP contribution is -3.00. The second kappa shape index (κ2) is 50.1. The number of carbonyl (C=O) groups is 3. The first-order chi connectivity index (χ1) is 31.6. The number of halogens is 1. The molecule has 0 aromatic heterocycles. The minimum absolute atomic E-state index is 0. The topological polar surface area (TPSA) is 78.9 Å². The molecule has 0 aliphatic carbocycles. The van der Waals surface area contributed by atoms with E-state index in [2.05, 4.69) is 41.9 Å². The van der Waals surface area contributed by atoms with Gasteiger partial charge in [-0.05, 0) is 19.3 Å². The molecule has 0 spiro atoms. The Morgan fingerprint density at radius 1 is 0.303 bits per heavy atom. The first kappa shape index (κ1) is 66.7. The van der Waals surface area contributed by atoms with Gasteiger partial charge in [0.25, 0.3) is 0 Å². The van der Waals surface area contributed by atoms with Crippen LogP contribution in [0.2, 0.25) is 0 Å². The van der Waals surface area contributed by atoms with Crippen molar-refractivity contribution in [2.75, 3.05) is 47.5 Å². The zero-order valence-corrected chi connectivity index (χ0v) is 46.0. The summed E-state index contributed by atoms with van der Waals surface area (Å²) in [5.74, 6) is -0.662. The Morgan fingerprint density at radius 3 is 0.636 bits per heavy atom. The van der Waals surface area contributed by atoms with E-state index < -0.39 is 5.41 Å². The average molecular weight is 957 g/mol. The molecule has 0 heterocycles. The number of quaternary nitrogens is 1. The summed E-state index contributed by atoms with van der Waals surface area (Å²) in [5, 5.41) is 0. The molecule has 0 aromatic carbocycles. The molecule has 0 unspecified atom stereocenters. The number of hydrogen-bond donors (Lipinski definition) is 0. The summed E-state index contributed by atoms with van der Waals surface area (Å²) in [4.78, 5) is 39.3. The van der Waals surface area contributed by atoms with Gasteiger partial charge in [-0.3, -0.25) is 14.4 Å². The fourth-order valence-corrected chi connectivity index (χ4v) is 9.40. The van der Waals surface area contributed by atoms with Crippen LogP contribution in [0, 0.1) is 5.41 Å². The smallest absolute Gasteiger partial charge is 0.305 e. The molecule has 0 rings (SSSR count). The van der Waals surface area contributed by atoms with Gasteiger partial charge in [-0.15, -0.1) is 0 Å². The summed E-state index contributed by atoms with van der Waals surface area (Å²) >= 11 is 0. The summed E-state index contributed by atoms with van der Waals surface area (Å²) in [6.45, 7) is 7.56. The predicted octanol–water partition coefficient (Wildman–Crippen LogP) is 14.5. The van der Waals surface area contributed by atoms with E-state index in [4.69, 9.17) is 14.2 Å². The van der Waals surface area contributed by atoms with Crippen molar-refractivity contribution in [1.29, 1.82) is 0 Å². The molecule has 0 aliphatic rings. The molecular formula is C58H114ClNO6. The highest BCUT2D eigenvalue weighted by atomic mass is 35.5. The number of unbranched alkanes of at least 4 members (excludes halogenated alkanes) is 38. The van der Waals surface area contributed by atoms with Crippen LogP contribution in [0.5, 0.6) is 0 Å². The monoisotopic (exact) mass is 956 g/mol. The van der Waals surface area contributed by atoms with Crippen molar-refractivity contribution in [2.24, 2.45) is 5.41 Å². The van der Waals surface area contributed by atoms with Crippen molar-refractivity contribution >= 4 is 17.9 Å². The normalized spacial score (nSPS) is 11.7. The number of nitrogens with zero attached hydrogens (tertiary/aromatic N) is 1. The van der Waals surface area contributed by atoms with Gasteiger partial charge in [0.1, 0.15) is 25.2 Å². The van der Waals surface area contributed by atoms with E-state index in [-0.39, 0.29) is 50.1 Å². The number of carbonyl (C=O) groups excluding carboxylic acids is 3. The molecule has 0 saturated carbocycles. The van der Waals surface area contributed by atoms with Crippen LogP contribution in [-0.4, -0.2) is 69.9 Å². The van der Waals surface area contributed by atoms with E-state index in [1.807, 2.05) is 0 Å². The van der Waals surface area contributed by atoms with Gasteiger partial charge in [0.05, 0.1) is 27.7 Å². The van der Waals surface area contributed by atoms with Crippen LogP contribution in [0.25, 0.3) is 0 Å². The standard InChI is InChI=1S/C58H114NO6.ClH/c1-7-10-13-16-19-22-25-28-29-32-35-38-41-44-47-50-57(62)65-54-58(51-59(4,5)6,52-63-55(60)48-45-42-39-36-33-30-26-23-20-17-14-11-8-2)53-64-56(61)49-46-43-40-37-34-31-27-24-21-18-15-12-9-3;/h7-54H2,1-6H3;1H/q+1;/p-1. The lowest BCUT2D eigenvalue weighted by Gasteiger charge is -2.38. The van der Waals surface area contributed by atoms with Gasteiger partial charge in [0.15, 0.2) is 0 Å². The summed E-state index contributed by atoms with van der Waals surface area (Å²) < 4.78 is 18.5. The fourth-order valence-electron chi connectivity index (χ4n) is 9.40. The first-order valence-electron chi connectivity index (χ1n) is 28.8. The minimum Gasteiger partial charge on any atom is -1.00 e.